The number of hydrogen-bond donors (Lipinski definition) is 2. The highest BCUT2D eigenvalue weighted by atomic mass is 16.3. The van der Waals surface area contributed by atoms with Gasteiger partial charge in [0.05, 0.1) is 12.7 Å². The van der Waals surface area contributed by atoms with Crippen molar-refractivity contribution >= 4 is 33.6 Å². The van der Waals surface area contributed by atoms with Crippen LogP contribution in [0.15, 0.2) is 77.4 Å². The Morgan fingerprint density at radius 3 is 2.46 bits per heavy atom. The van der Waals surface area contributed by atoms with Crippen LogP contribution in [0.2, 0.25) is 0 Å². The normalized spacial score (nSPS) is 10.8. The number of rotatable bonds is 3. The molecule has 0 spiro atoms. The highest BCUT2D eigenvalue weighted by molar-refractivity contribution is 6.08. The van der Waals surface area contributed by atoms with Gasteiger partial charge in [0, 0.05) is 16.5 Å². The topological polar surface area (TPSA) is 71.3 Å². The van der Waals surface area contributed by atoms with Crippen molar-refractivity contribution in [2.45, 2.75) is 6.42 Å². The molecule has 0 unspecified atom stereocenters. The minimum absolute atomic E-state index is 0.107. The van der Waals surface area contributed by atoms with Gasteiger partial charge in [-0.1, -0.05) is 48.5 Å². The van der Waals surface area contributed by atoms with E-state index in [0.29, 0.717) is 5.56 Å². The Labute approximate surface area is 149 Å². The number of carbonyl (C=O) groups is 2. The van der Waals surface area contributed by atoms with Crippen LogP contribution in [0, 0.1) is 0 Å². The summed E-state index contributed by atoms with van der Waals surface area (Å²) in [7, 11) is 0. The summed E-state index contributed by atoms with van der Waals surface area (Å²) in [4.78, 5) is 24.3. The Kier molecular flexibility index (Phi) is 4.11. The van der Waals surface area contributed by atoms with Gasteiger partial charge in [0.15, 0.2) is 0 Å². The first-order valence-corrected chi connectivity index (χ1v) is 8.24. The van der Waals surface area contributed by atoms with Crippen LogP contribution in [0.1, 0.15) is 15.9 Å². The average molecular weight is 344 g/mol. The fourth-order valence-corrected chi connectivity index (χ4v) is 3.01. The Hall–Kier alpha value is -3.60. The zero-order valence-electron chi connectivity index (χ0n) is 13.9. The molecular formula is C21H16N2O3. The Morgan fingerprint density at radius 1 is 0.846 bits per heavy atom. The quantitative estimate of drug-likeness (QED) is 0.558. The molecule has 0 saturated carbocycles. The third-order valence-corrected chi connectivity index (χ3v) is 4.24. The highest BCUT2D eigenvalue weighted by Gasteiger charge is 2.14. The van der Waals surface area contributed by atoms with Gasteiger partial charge < -0.3 is 4.42 Å². The molecule has 4 aromatic rings. The maximum absolute atomic E-state index is 12.3. The molecule has 5 nitrogen and oxygen atoms in total. The summed E-state index contributed by atoms with van der Waals surface area (Å²) in [5, 5.41) is 3.04. The molecule has 0 fully saturated rings. The van der Waals surface area contributed by atoms with E-state index in [1.54, 1.807) is 30.5 Å². The third-order valence-electron chi connectivity index (χ3n) is 4.24. The zero-order chi connectivity index (χ0) is 17.9. The van der Waals surface area contributed by atoms with Gasteiger partial charge in [-0.2, -0.15) is 0 Å². The number of fused-ring (bicyclic) bond motifs is 3. The zero-order valence-corrected chi connectivity index (χ0v) is 13.9. The predicted molar refractivity (Wildman–Crippen MR) is 99.5 cm³/mol. The summed E-state index contributed by atoms with van der Waals surface area (Å²) in [5.74, 6) is -0.675. The molecule has 0 atom stereocenters. The van der Waals surface area contributed by atoms with Crippen molar-refractivity contribution in [3.8, 4) is 0 Å². The average Bonchev–Trinajstić information content (AvgIpc) is 3.10. The van der Waals surface area contributed by atoms with Gasteiger partial charge in [0.2, 0.25) is 5.91 Å². The predicted octanol–water partition coefficient (Wildman–Crippen LogP) is 3.59. The van der Waals surface area contributed by atoms with Crippen LogP contribution in [0.25, 0.3) is 21.7 Å². The van der Waals surface area contributed by atoms with E-state index in [1.165, 1.54) is 0 Å². The molecule has 0 radical (unpaired) electrons. The Morgan fingerprint density at radius 2 is 1.62 bits per heavy atom. The summed E-state index contributed by atoms with van der Waals surface area (Å²) >= 11 is 0. The van der Waals surface area contributed by atoms with Gasteiger partial charge >= 0.3 is 0 Å². The first kappa shape index (κ1) is 15.9. The SMILES string of the molecule is O=C(Cc1coc2ccc3ccccc3c12)NNC(=O)c1ccccc1. The fourth-order valence-electron chi connectivity index (χ4n) is 3.01. The summed E-state index contributed by atoms with van der Waals surface area (Å²) in [5.41, 5.74) is 6.88. The summed E-state index contributed by atoms with van der Waals surface area (Å²) in [6, 6.07) is 20.5. The van der Waals surface area contributed by atoms with Gasteiger partial charge in [0.25, 0.3) is 5.91 Å². The molecule has 4 rings (SSSR count). The molecule has 2 amide bonds. The maximum Gasteiger partial charge on any atom is 0.269 e. The fraction of sp³-hybridized carbons (Fsp3) is 0.0476. The number of benzene rings is 3. The number of nitrogens with one attached hydrogen (secondary N) is 2. The molecule has 2 N–H and O–H groups in total. The number of hydrazine groups is 1. The molecule has 128 valence electrons. The summed E-state index contributed by atoms with van der Waals surface area (Å²) < 4.78 is 5.59. The van der Waals surface area contributed by atoms with Gasteiger partial charge in [-0.25, -0.2) is 0 Å². The van der Waals surface area contributed by atoms with E-state index in [2.05, 4.69) is 10.9 Å². The van der Waals surface area contributed by atoms with Crippen LogP contribution in [-0.2, 0) is 11.2 Å². The van der Waals surface area contributed by atoms with Crippen LogP contribution < -0.4 is 10.9 Å². The van der Waals surface area contributed by atoms with Gasteiger partial charge in [-0.05, 0) is 29.0 Å². The molecule has 1 heterocycles. The lowest BCUT2D eigenvalue weighted by atomic mass is 10.0. The van der Waals surface area contributed by atoms with E-state index in [9.17, 15) is 9.59 Å². The van der Waals surface area contributed by atoms with Crippen molar-refractivity contribution in [2.24, 2.45) is 0 Å². The van der Waals surface area contributed by atoms with E-state index >= 15 is 0 Å². The molecule has 0 saturated heterocycles. The first-order chi connectivity index (χ1) is 12.7. The van der Waals surface area contributed by atoms with Crippen LogP contribution in [0.3, 0.4) is 0 Å². The van der Waals surface area contributed by atoms with Crippen LogP contribution in [-0.4, -0.2) is 11.8 Å². The Bertz CT molecular complexity index is 1100. The largest absolute Gasteiger partial charge is 0.464 e. The number of carbonyl (C=O) groups excluding carboxylic acids is 2. The van der Waals surface area contributed by atoms with Crippen molar-refractivity contribution in [2.75, 3.05) is 0 Å². The van der Waals surface area contributed by atoms with E-state index in [4.69, 9.17) is 4.42 Å². The number of amides is 2. The lowest BCUT2D eigenvalue weighted by molar-refractivity contribution is -0.121. The molecule has 0 aliphatic heterocycles. The second-order valence-electron chi connectivity index (χ2n) is 5.97. The van der Waals surface area contributed by atoms with E-state index < -0.39 is 0 Å². The van der Waals surface area contributed by atoms with Crippen LogP contribution in [0.4, 0.5) is 0 Å². The smallest absolute Gasteiger partial charge is 0.269 e. The maximum atomic E-state index is 12.3. The second kappa shape index (κ2) is 6.72. The summed E-state index contributed by atoms with van der Waals surface area (Å²) in [6.07, 6.45) is 1.70. The van der Waals surface area contributed by atoms with E-state index in [1.807, 2.05) is 42.5 Å². The van der Waals surface area contributed by atoms with E-state index in [0.717, 1.165) is 27.3 Å². The van der Waals surface area contributed by atoms with Crippen molar-refractivity contribution in [1.29, 1.82) is 0 Å². The van der Waals surface area contributed by atoms with Crippen LogP contribution >= 0.6 is 0 Å². The van der Waals surface area contributed by atoms with E-state index in [-0.39, 0.29) is 18.2 Å². The van der Waals surface area contributed by atoms with Crippen molar-refractivity contribution < 1.29 is 14.0 Å². The first-order valence-electron chi connectivity index (χ1n) is 8.24. The minimum atomic E-state index is -0.360. The van der Waals surface area contributed by atoms with Crippen molar-refractivity contribution in [1.82, 2.24) is 10.9 Å². The lowest BCUT2D eigenvalue weighted by Gasteiger charge is -2.07. The third kappa shape index (κ3) is 3.02. The molecule has 0 bridgehead atoms. The Balaban J connectivity index is 1.51. The molecule has 1 aromatic heterocycles. The minimum Gasteiger partial charge on any atom is -0.464 e. The number of furan rings is 1. The highest BCUT2D eigenvalue weighted by Crippen LogP contribution is 2.30. The second-order valence-corrected chi connectivity index (χ2v) is 5.97. The standard InChI is InChI=1S/C21H16N2O3/c24-19(22-23-21(25)15-7-2-1-3-8-15)12-16-13-26-18-11-10-14-6-4-5-9-17(14)20(16)18/h1-11,13H,12H2,(H,22,24)(H,23,25). The lowest BCUT2D eigenvalue weighted by Crippen LogP contribution is -2.42. The molecule has 26 heavy (non-hydrogen) atoms. The molecule has 0 aliphatic carbocycles. The van der Waals surface area contributed by atoms with Crippen LogP contribution in [0.5, 0.6) is 0 Å². The van der Waals surface area contributed by atoms with Crippen molar-refractivity contribution in [3.63, 3.8) is 0 Å². The summed E-state index contributed by atoms with van der Waals surface area (Å²) in [6.45, 7) is 0. The molecular weight excluding hydrogens is 328 g/mol. The number of hydrogen-bond acceptors (Lipinski definition) is 3. The van der Waals surface area contributed by atoms with Gasteiger partial charge in [0.1, 0.15) is 5.58 Å². The van der Waals surface area contributed by atoms with Gasteiger partial charge in [-0.15, -0.1) is 0 Å². The van der Waals surface area contributed by atoms with Gasteiger partial charge in [-0.3, -0.25) is 20.4 Å². The monoisotopic (exact) mass is 344 g/mol. The molecule has 0 aliphatic rings. The molecule has 3 aromatic carbocycles. The van der Waals surface area contributed by atoms with Crippen molar-refractivity contribution in [3.05, 3.63) is 84.1 Å². The molecule has 5 heteroatoms.